The summed E-state index contributed by atoms with van der Waals surface area (Å²) in [6.07, 6.45) is 0. The zero-order valence-electron chi connectivity index (χ0n) is 3.79. The van der Waals surface area contributed by atoms with E-state index in [0.29, 0.717) is 0 Å². The van der Waals surface area contributed by atoms with E-state index in [4.69, 9.17) is 6.58 Å². The summed E-state index contributed by atoms with van der Waals surface area (Å²) >= 11 is 0. The van der Waals surface area contributed by atoms with Gasteiger partial charge in [-0.1, -0.05) is 13.8 Å². The molecule has 0 spiro atoms. The van der Waals surface area contributed by atoms with Gasteiger partial charge in [0.05, 0.1) is 0 Å². The summed E-state index contributed by atoms with van der Waals surface area (Å²) in [6.45, 7) is 8.75. The normalized spacial score (nSPS) is 4.33. The fourth-order valence-electron chi connectivity index (χ4n) is 0. The van der Waals surface area contributed by atoms with Gasteiger partial charge in [0.1, 0.15) is 0 Å². The van der Waals surface area contributed by atoms with Crippen LogP contribution in [0.3, 0.4) is 0 Å². The Bertz CT molecular complexity index is 30.5. The van der Waals surface area contributed by atoms with Crippen molar-refractivity contribution in [3.05, 3.63) is 12.2 Å². The number of hydrogen-bond donors (Lipinski definition) is 0. The van der Waals surface area contributed by atoms with Gasteiger partial charge in [-0.3, -0.25) is 5.57 Å². The molecule has 0 N–H and O–H groups in total. The van der Waals surface area contributed by atoms with E-state index < -0.39 is 0 Å². The first-order valence-electron chi connectivity index (χ1n) is 1.29. The minimum atomic E-state index is 0. The van der Waals surface area contributed by atoms with Crippen LogP contribution in [0.1, 0.15) is 13.8 Å². The third-order valence-electron chi connectivity index (χ3n) is 0. The molecule has 0 aromatic rings. The fourth-order valence-corrected chi connectivity index (χ4v) is 0. The summed E-state index contributed by atoms with van der Waals surface area (Å²) in [5.74, 6) is 0. The molecule has 0 aliphatic carbocycles. The van der Waals surface area contributed by atoms with Crippen LogP contribution in [0.2, 0.25) is 0 Å². The first kappa shape index (κ1) is 15.7. The zero-order chi connectivity index (χ0) is 3.58. The molecular weight excluding hydrogens is 337 g/mol. The summed E-state index contributed by atoms with van der Waals surface area (Å²) in [5, 5.41) is 0. The summed E-state index contributed by atoms with van der Waals surface area (Å²) < 4.78 is 0. The van der Waals surface area contributed by atoms with Crippen LogP contribution in [0.4, 0.5) is 0 Å². The van der Waals surface area contributed by atoms with Crippen LogP contribution < -0.4 is 0 Å². The molecule has 0 saturated carbocycles. The maximum absolute atomic E-state index is 5.03. The molecule has 0 heterocycles. The van der Waals surface area contributed by atoms with Crippen molar-refractivity contribution in [2.24, 2.45) is 0 Å². The second-order valence-corrected chi connectivity index (χ2v) is 1.08. The van der Waals surface area contributed by atoms with Crippen molar-refractivity contribution in [1.82, 2.24) is 0 Å². The van der Waals surface area contributed by atoms with Gasteiger partial charge in [0.25, 0.3) is 0 Å². The summed E-state index contributed by atoms with van der Waals surface area (Å²) in [6, 6.07) is 0. The van der Waals surface area contributed by atoms with E-state index in [2.05, 4.69) is 0 Å². The van der Waals surface area contributed by atoms with Crippen LogP contribution in [0, 0.1) is 6.58 Å². The van der Waals surface area contributed by atoms with Crippen LogP contribution in [-0.2, 0) is 39.9 Å². The number of rotatable bonds is 0. The average molecular weight is 344 g/mol. The Hall–Kier alpha value is 1.03. The quantitative estimate of drug-likeness (QED) is 0.460. The third-order valence-corrected chi connectivity index (χ3v) is 0. The molecule has 0 aromatic heterocycles. The molecule has 0 atom stereocenters. The Kier molecular flexibility index (Phi) is 24.6. The van der Waals surface area contributed by atoms with Crippen molar-refractivity contribution in [1.29, 1.82) is 0 Å². The Morgan fingerprint density at radius 2 is 1.33 bits per heavy atom. The Balaban J connectivity index is -0.0000000450. The van der Waals surface area contributed by atoms with Crippen LogP contribution >= 0.6 is 0 Å². The molecule has 0 amide bonds. The van der Waals surface area contributed by atoms with Crippen LogP contribution in [0.25, 0.3) is 0 Å². The van der Waals surface area contributed by atoms with Crippen LogP contribution in [0.15, 0.2) is 5.57 Å². The molecule has 2 heteroatoms. The van der Waals surface area contributed by atoms with Crippen molar-refractivity contribution < 1.29 is 39.9 Å². The first-order chi connectivity index (χ1) is 1.73. The molecule has 0 nitrogen and oxygen atoms in total. The van der Waals surface area contributed by atoms with Crippen molar-refractivity contribution in [2.75, 3.05) is 0 Å². The van der Waals surface area contributed by atoms with Gasteiger partial charge in [0.2, 0.25) is 0 Å². The number of allylic oxidation sites excluding steroid dienone is 1. The van der Waals surface area contributed by atoms with Gasteiger partial charge in [-0.25, -0.2) is 0 Å². The smallest absolute Gasteiger partial charge is 0 e. The van der Waals surface area contributed by atoms with Crippen molar-refractivity contribution in [2.45, 2.75) is 13.8 Å². The summed E-state index contributed by atoms with van der Waals surface area (Å²) in [4.78, 5) is 0. The van der Waals surface area contributed by atoms with E-state index in [-0.39, 0.29) is 39.9 Å². The molecule has 0 aliphatic rings. The predicted molar refractivity (Wildman–Crippen MR) is 19.2 cm³/mol. The van der Waals surface area contributed by atoms with Gasteiger partial charge in [0.15, 0.2) is 0 Å². The largest absolute Gasteiger partial charge is 0.515 e. The van der Waals surface area contributed by atoms with Gasteiger partial charge < -0.3 is 6.58 Å². The van der Waals surface area contributed by atoms with Gasteiger partial charge in [-0.2, -0.15) is 0 Å². The SMILES string of the molecule is [CH-]=C(C)C.[Re].[Rh]. The first-order valence-corrected chi connectivity index (χ1v) is 1.29. The van der Waals surface area contributed by atoms with Gasteiger partial charge in [-0.15, -0.1) is 0 Å². The summed E-state index contributed by atoms with van der Waals surface area (Å²) in [7, 11) is 0. The van der Waals surface area contributed by atoms with Gasteiger partial charge in [-0.05, 0) is 0 Å². The second-order valence-electron chi connectivity index (χ2n) is 1.08. The zero-order valence-corrected chi connectivity index (χ0v) is 8.14. The van der Waals surface area contributed by atoms with E-state index in [1.165, 1.54) is 0 Å². The van der Waals surface area contributed by atoms with E-state index in [0.717, 1.165) is 5.57 Å². The topological polar surface area (TPSA) is 0 Å². The molecule has 6 heavy (non-hydrogen) atoms. The average Bonchev–Trinajstić information content (AvgIpc) is 0.811. The predicted octanol–water partition coefficient (Wildman–Crippen LogP) is 1.38. The van der Waals surface area contributed by atoms with Gasteiger partial charge in [0, 0.05) is 39.9 Å². The second kappa shape index (κ2) is 9.39. The minimum absolute atomic E-state index is 0. The maximum Gasteiger partial charge on any atom is 0 e. The van der Waals surface area contributed by atoms with E-state index in [9.17, 15) is 0 Å². The summed E-state index contributed by atoms with van der Waals surface area (Å²) in [5.41, 5.74) is 0.917. The molecule has 0 aromatic carbocycles. The molecule has 0 bridgehead atoms. The molecule has 0 aliphatic heterocycles. The monoisotopic (exact) mass is 345 g/mol. The molecule has 0 unspecified atom stereocenters. The Morgan fingerprint density at radius 1 is 1.33 bits per heavy atom. The Labute approximate surface area is 65.8 Å². The minimum Gasteiger partial charge on any atom is -0.515 e. The number of hydrogen-bond acceptors (Lipinski definition) is 0. The Morgan fingerprint density at radius 3 is 1.33 bits per heavy atom. The molecule has 0 saturated heterocycles. The van der Waals surface area contributed by atoms with Crippen molar-refractivity contribution in [3.8, 4) is 0 Å². The van der Waals surface area contributed by atoms with Crippen molar-refractivity contribution in [3.63, 3.8) is 0 Å². The molecule has 2 radical (unpaired) electrons. The third kappa shape index (κ3) is 77.4. The van der Waals surface area contributed by atoms with E-state index in [1.807, 2.05) is 13.8 Å². The van der Waals surface area contributed by atoms with Crippen molar-refractivity contribution >= 4 is 0 Å². The van der Waals surface area contributed by atoms with Crippen LogP contribution in [-0.4, -0.2) is 0 Å². The fraction of sp³-hybridized carbons (Fsp3) is 0.500. The molecule has 0 fully saturated rings. The molecule has 40 valence electrons. The molecule has 0 rings (SSSR count). The molecular formula is C4H7ReRh-. The maximum atomic E-state index is 5.03. The standard InChI is InChI=1S/C4H7.Re.Rh/c1-4(2)3;;/h1H,2-3H3;;/q-1;;. The van der Waals surface area contributed by atoms with Gasteiger partial charge >= 0.3 is 0 Å². The van der Waals surface area contributed by atoms with Crippen LogP contribution in [0.5, 0.6) is 0 Å². The van der Waals surface area contributed by atoms with E-state index in [1.54, 1.807) is 0 Å². The van der Waals surface area contributed by atoms with E-state index >= 15 is 0 Å².